The van der Waals surface area contributed by atoms with Crippen LogP contribution in [0.3, 0.4) is 0 Å². The molecular formula is C9H15O4. The van der Waals surface area contributed by atoms with E-state index in [4.69, 9.17) is 9.47 Å². The Labute approximate surface area is 78.2 Å². The normalized spacial score (nSPS) is 13.8. The van der Waals surface area contributed by atoms with Crippen LogP contribution >= 0.6 is 0 Å². The van der Waals surface area contributed by atoms with Gasteiger partial charge in [-0.25, -0.2) is 0 Å². The molecule has 0 saturated carbocycles. The minimum Gasteiger partial charge on any atom is -0.382 e. The smallest absolute Gasteiger partial charge is 0.207 e. The predicted molar refractivity (Wildman–Crippen MR) is 47.2 cm³/mol. The summed E-state index contributed by atoms with van der Waals surface area (Å²) in [6.07, 6.45) is 1.63. The van der Waals surface area contributed by atoms with Gasteiger partial charge >= 0.3 is 0 Å². The molecule has 1 atom stereocenters. The summed E-state index contributed by atoms with van der Waals surface area (Å²) in [6.45, 7) is 3.90. The monoisotopic (exact) mass is 187 g/mol. The third-order valence-electron chi connectivity index (χ3n) is 1.68. The molecule has 1 unspecified atom stereocenters. The summed E-state index contributed by atoms with van der Waals surface area (Å²) in [5, 5.41) is 0. The zero-order valence-corrected chi connectivity index (χ0v) is 8.20. The van der Waals surface area contributed by atoms with Gasteiger partial charge in [0.2, 0.25) is 6.29 Å². The molecule has 0 aliphatic carbocycles. The Bertz CT molecular complexity index is 165. The van der Waals surface area contributed by atoms with Gasteiger partial charge in [0.25, 0.3) is 0 Å². The van der Waals surface area contributed by atoms with E-state index in [9.17, 15) is 9.59 Å². The van der Waals surface area contributed by atoms with E-state index in [-0.39, 0.29) is 0 Å². The van der Waals surface area contributed by atoms with Crippen molar-refractivity contribution in [3.8, 4) is 0 Å². The number of rotatable bonds is 7. The summed E-state index contributed by atoms with van der Waals surface area (Å²) in [6, 6.07) is 0. The van der Waals surface area contributed by atoms with Gasteiger partial charge in [-0.1, -0.05) is 0 Å². The SMILES string of the molecule is COCCOC(C=O)C(C)(C)[C]=O. The molecule has 0 aromatic rings. The fourth-order valence-electron chi connectivity index (χ4n) is 0.734. The Morgan fingerprint density at radius 1 is 1.46 bits per heavy atom. The van der Waals surface area contributed by atoms with Gasteiger partial charge in [0, 0.05) is 7.11 Å². The van der Waals surface area contributed by atoms with Crippen LogP contribution in [-0.2, 0) is 19.1 Å². The molecule has 0 spiro atoms. The minimum atomic E-state index is -0.893. The number of hydrogen-bond acceptors (Lipinski definition) is 4. The largest absolute Gasteiger partial charge is 0.382 e. The first-order valence-corrected chi connectivity index (χ1v) is 4.03. The van der Waals surface area contributed by atoms with Crippen LogP contribution in [0.2, 0.25) is 0 Å². The van der Waals surface area contributed by atoms with Crippen LogP contribution < -0.4 is 0 Å². The molecular weight excluding hydrogens is 172 g/mol. The van der Waals surface area contributed by atoms with Crippen molar-refractivity contribution in [3.63, 3.8) is 0 Å². The van der Waals surface area contributed by atoms with Crippen molar-refractivity contribution in [2.75, 3.05) is 20.3 Å². The first-order chi connectivity index (χ1) is 6.08. The minimum absolute atomic E-state index is 0.297. The first kappa shape index (κ1) is 12.3. The van der Waals surface area contributed by atoms with Crippen LogP contribution in [0, 0.1) is 5.41 Å². The topological polar surface area (TPSA) is 52.6 Å². The first-order valence-electron chi connectivity index (χ1n) is 4.03. The van der Waals surface area contributed by atoms with Crippen molar-refractivity contribution in [1.29, 1.82) is 0 Å². The molecule has 13 heavy (non-hydrogen) atoms. The second kappa shape index (κ2) is 5.83. The van der Waals surface area contributed by atoms with Gasteiger partial charge in [-0.2, -0.15) is 0 Å². The maximum atomic E-state index is 10.6. The zero-order chi connectivity index (χ0) is 10.3. The van der Waals surface area contributed by atoms with Crippen molar-refractivity contribution in [3.05, 3.63) is 0 Å². The second-order valence-electron chi connectivity index (χ2n) is 3.24. The highest BCUT2D eigenvalue weighted by molar-refractivity contribution is 5.70. The molecule has 0 heterocycles. The van der Waals surface area contributed by atoms with Crippen LogP contribution in [0.25, 0.3) is 0 Å². The number of hydrogen-bond donors (Lipinski definition) is 0. The van der Waals surface area contributed by atoms with Crippen LogP contribution in [0.4, 0.5) is 0 Å². The summed E-state index contributed by atoms with van der Waals surface area (Å²) >= 11 is 0. The van der Waals surface area contributed by atoms with Crippen LogP contribution in [-0.4, -0.2) is 39.0 Å². The van der Waals surface area contributed by atoms with Gasteiger partial charge in [-0.15, -0.1) is 0 Å². The number of aldehydes is 1. The average molecular weight is 187 g/mol. The lowest BCUT2D eigenvalue weighted by Crippen LogP contribution is -2.35. The van der Waals surface area contributed by atoms with Gasteiger partial charge in [0.1, 0.15) is 12.4 Å². The summed E-state index contributed by atoms with van der Waals surface area (Å²) in [5.41, 5.74) is -0.893. The molecule has 0 aromatic carbocycles. The van der Waals surface area contributed by atoms with Crippen molar-refractivity contribution >= 4 is 12.6 Å². The van der Waals surface area contributed by atoms with Crippen LogP contribution in [0.15, 0.2) is 0 Å². The Kier molecular flexibility index (Phi) is 5.50. The van der Waals surface area contributed by atoms with Crippen LogP contribution in [0.5, 0.6) is 0 Å². The highest BCUT2D eigenvalue weighted by atomic mass is 16.5. The Morgan fingerprint density at radius 3 is 2.46 bits per heavy atom. The van der Waals surface area contributed by atoms with Crippen molar-refractivity contribution in [1.82, 2.24) is 0 Å². The number of ether oxygens (including phenoxy) is 2. The highest BCUT2D eigenvalue weighted by Gasteiger charge is 2.30. The van der Waals surface area contributed by atoms with Gasteiger partial charge in [0.05, 0.1) is 18.6 Å². The summed E-state index contributed by atoms with van der Waals surface area (Å²) in [7, 11) is 1.54. The molecule has 0 saturated heterocycles. The molecule has 0 N–H and O–H groups in total. The predicted octanol–water partition coefficient (Wildman–Crippen LogP) is 0.353. The number of carbonyl (C=O) groups excluding carboxylic acids is 2. The van der Waals surface area contributed by atoms with Crippen molar-refractivity contribution in [2.45, 2.75) is 20.0 Å². The Balaban J connectivity index is 4.02. The standard InChI is InChI=1S/C9H15O4/c1-9(2,7-11)8(6-10)13-5-4-12-3/h6,8H,4-5H2,1-3H3. The summed E-state index contributed by atoms with van der Waals surface area (Å²) < 4.78 is 9.88. The van der Waals surface area contributed by atoms with E-state index in [0.29, 0.717) is 19.5 Å². The van der Waals surface area contributed by atoms with E-state index in [2.05, 4.69) is 0 Å². The molecule has 4 heteroatoms. The van der Waals surface area contributed by atoms with E-state index < -0.39 is 11.5 Å². The second-order valence-corrected chi connectivity index (χ2v) is 3.24. The van der Waals surface area contributed by atoms with E-state index >= 15 is 0 Å². The fraction of sp³-hybridized carbons (Fsp3) is 0.778. The summed E-state index contributed by atoms with van der Waals surface area (Å²) in [4.78, 5) is 21.0. The van der Waals surface area contributed by atoms with E-state index in [1.807, 2.05) is 0 Å². The lowest BCUT2D eigenvalue weighted by molar-refractivity contribution is -0.123. The lowest BCUT2D eigenvalue weighted by atomic mass is 9.89. The van der Waals surface area contributed by atoms with Gasteiger partial charge in [0.15, 0.2) is 0 Å². The van der Waals surface area contributed by atoms with Gasteiger partial charge < -0.3 is 14.3 Å². The highest BCUT2D eigenvalue weighted by Crippen LogP contribution is 2.18. The lowest BCUT2D eigenvalue weighted by Gasteiger charge is -2.23. The molecule has 4 nitrogen and oxygen atoms in total. The number of carbonyl (C=O) groups is 1. The third kappa shape index (κ3) is 4.15. The fourth-order valence-corrected chi connectivity index (χ4v) is 0.734. The summed E-state index contributed by atoms with van der Waals surface area (Å²) in [5.74, 6) is 0. The quantitative estimate of drug-likeness (QED) is 0.426. The maximum Gasteiger partial charge on any atom is 0.207 e. The molecule has 0 rings (SSSR count). The van der Waals surface area contributed by atoms with Crippen molar-refractivity contribution < 1.29 is 19.1 Å². The van der Waals surface area contributed by atoms with Gasteiger partial charge in [-0.05, 0) is 13.8 Å². The molecule has 0 aliphatic heterocycles. The maximum absolute atomic E-state index is 10.6. The Morgan fingerprint density at radius 2 is 2.08 bits per heavy atom. The Hall–Kier alpha value is -0.740. The molecule has 0 aliphatic rings. The van der Waals surface area contributed by atoms with E-state index in [0.717, 1.165) is 0 Å². The van der Waals surface area contributed by atoms with E-state index in [1.54, 1.807) is 20.1 Å². The average Bonchev–Trinajstić information content (AvgIpc) is 2.12. The molecule has 1 radical (unpaired) electrons. The molecule has 0 aromatic heterocycles. The number of methoxy groups -OCH3 is 1. The van der Waals surface area contributed by atoms with Crippen molar-refractivity contribution in [2.24, 2.45) is 5.41 Å². The molecule has 0 amide bonds. The molecule has 0 fully saturated rings. The van der Waals surface area contributed by atoms with E-state index in [1.165, 1.54) is 7.11 Å². The zero-order valence-electron chi connectivity index (χ0n) is 8.20. The van der Waals surface area contributed by atoms with Crippen LogP contribution in [0.1, 0.15) is 13.8 Å². The third-order valence-corrected chi connectivity index (χ3v) is 1.68. The molecule has 75 valence electrons. The molecule has 0 bridgehead atoms. The van der Waals surface area contributed by atoms with Gasteiger partial charge in [-0.3, -0.25) is 4.79 Å².